The molecule has 0 unspecified atom stereocenters. The molecule has 0 heterocycles. The molecular weight excluding hydrogens is 368 g/mol. The number of allylic oxidation sites excluding steroid dienone is 2. The maximum absolute atomic E-state index is 14.7. The van der Waals surface area contributed by atoms with Crippen LogP contribution in [0.2, 0.25) is 0 Å². The van der Waals surface area contributed by atoms with Gasteiger partial charge in [0.2, 0.25) is 5.82 Å². The van der Waals surface area contributed by atoms with Crippen LogP contribution in [0.3, 0.4) is 0 Å². The zero-order valence-electron chi connectivity index (χ0n) is 15.7. The highest BCUT2D eigenvalue weighted by atomic mass is 19.2. The summed E-state index contributed by atoms with van der Waals surface area (Å²) in [6, 6.07) is 5.17. The summed E-state index contributed by atoms with van der Waals surface area (Å²) >= 11 is 0. The van der Waals surface area contributed by atoms with Gasteiger partial charge in [0.05, 0.1) is 6.26 Å². The molecule has 0 aliphatic heterocycles. The van der Waals surface area contributed by atoms with E-state index >= 15 is 0 Å². The Bertz CT molecular complexity index is 896. The van der Waals surface area contributed by atoms with Gasteiger partial charge in [0.15, 0.2) is 23.2 Å². The molecule has 0 spiro atoms. The summed E-state index contributed by atoms with van der Waals surface area (Å²) in [6.45, 7) is 5.44. The van der Waals surface area contributed by atoms with Crippen LogP contribution in [0, 0.1) is 29.2 Å². The predicted octanol–water partition coefficient (Wildman–Crippen LogP) is 7.28. The van der Waals surface area contributed by atoms with E-state index in [0.29, 0.717) is 5.92 Å². The molecule has 2 aromatic carbocycles. The van der Waals surface area contributed by atoms with Gasteiger partial charge in [0.25, 0.3) is 0 Å². The maximum atomic E-state index is 14.7. The van der Waals surface area contributed by atoms with Crippen molar-refractivity contribution in [3.05, 3.63) is 78.1 Å². The van der Waals surface area contributed by atoms with Crippen molar-refractivity contribution < 1.29 is 22.3 Å². The molecular formula is C23H22F4O. The van der Waals surface area contributed by atoms with Crippen molar-refractivity contribution in [2.45, 2.75) is 38.5 Å². The van der Waals surface area contributed by atoms with Gasteiger partial charge in [-0.25, -0.2) is 13.2 Å². The minimum atomic E-state index is -1.28. The van der Waals surface area contributed by atoms with Crippen molar-refractivity contribution in [2.24, 2.45) is 5.92 Å². The molecule has 0 saturated heterocycles. The van der Waals surface area contributed by atoms with Crippen molar-refractivity contribution in [1.82, 2.24) is 0 Å². The smallest absolute Gasteiger partial charge is 0.201 e. The lowest BCUT2D eigenvalue weighted by Gasteiger charge is -2.27. The van der Waals surface area contributed by atoms with Crippen LogP contribution in [0.25, 0.3) is 11.1 Å². The molecule has 0 radical (unpaired) electrons. The highest BCUT2D eigenvalue weighted by Crippen LogP contribution is 2.40. The third-order valence-electron chi connectivity index (χ3n) is 5.33. The molecule has 0 atom stereocenters. The van der Waals surface area contributed by atoms with E-state index in [0.717, 1.165) is 25.7 Å². The number of rotatable bonds is 5. The predicted molar refractivity (Wildman–Crippen MR) is 102 cm³/mol. The molecule has 0 amide bonds. The fourth-order valence-corrected chi connectivity index (χ4v) is 3.73. The van der Waals surface area contributed by atoms with E-state index in [-0.39, 0.29) is 28.4 Å². The summed E-state index contributed by atoms with van der Waals surface area (Å²) in [5.41, 5.74) is -0.365. The molecule has 28 heavy (non-hydrogen) atoms. The van der Waals surface area contributed by atoms with Gasteiger partial charge in [-0.05, 0) is 62.1 Å². The fraction of sp³-hybridized carbons (Fsp3) is 0.304. The monoisotopic (exact) mass is 390 g/mol. The Hall–Kier alpha value is -2.56. The van der Waals surface area contributed by atoms with Crippen molar-refractivity contribution in [3.8, 4) is 16.9 Å². The molecule has 0 N–H and O–H groups in total. The highest BCUT2D eigenvalue weighted by Gasteiger charge is 2.27. The van der Waals surface area contributed by atoms with Gasteiger partial charge in [0, 0.05) is 11.1 Å². The van der Waals surface area contributed by atoms with E-state index in [2.05, 4.69) is 6.58 Å². The Kier molecular flexibility index (Phi) is 6.22. The minimum absolute atomic E-state index is 0.0852. The normalized spacial score (nSPS) is 19.8. The van der Waals surface area contributed by atoms with Crippen molar-refractivity contribution >= 4 is 0 Å². The molecule has 0 aromatic heterocycles. The Labute approximate surface area is 162 Å². The first kappa shape index (κ1) is 20.2. The van der Waals surface area contributed by atoms with Crippen LogP contribution < -0.4 is 4.74 Å². The average molecular weight is 390 g/mol. The lowest BCUT2D eigenvalue weighted by atomic mass is 9.78. The van der Waals surface area contributed by atoms with E-state index in [9.17, 15) is 17.6 Å². The molecule has 1 aliphatic rings. The average Bonchev–Trinajstić information content (AvgIpc) is 2.72. The van der Waals surface area contributed by atoms with Crippen molar-refractivity contribution in [1.29, 1.82) is 0 Å². The van der Waals surface area contributed by atoms with E-state index in [1.54, 1.807) is 6.92 Å². The molecule has 5 heteroatoms. The van der Waals surface area contributed by atoms with Crippen LogP contribution in [-0.4, -0.2) is 0 Å². The van der Waals surface area contributed by atoms with Crippen molar-refractivity contribution in [3.63, 3.8) is 0 Å². The number of ether oxygens (including phenoxy) is 1. The topological polar surface area (TPSA) is 9.23 Å². The van der Waals surface area contributed by atoms with Gasteiger partial charge in [-0.2, -0.15) is 4.39 Å². The van der Waals surface area contributed by atoms with Gasteiger partial charge < -0.3 is 4.74 Å². The van der Waals surface area contributed by atoms with E-state index in [4.69, 9.17) is 4.74 Å². The third kappa shape index (κ3) is 3.84. The Morgan fingerprint density at radius 1 is 0.857 bits per heavy atom. The summed E-state index contributed by atoms with van der Waals surface area (Å²) < 4.78 is 63.1. The summed E-state index contributed by atoms with van der Waals surface area (Å²) in [5.74, 6) is -4.68. The largest absolute Gasteiger partial charge is 0.462 e. The SMILES string of the molecule is C=CC1CCC(c2ccc(-c3ccc(O/C=C/C)c(F)c3F)c(F)c2F)CC1. The number of halogens is 4. The van der Waals surface area contributed by atoms with E-state index in [1.165, 1.54) is 36.6 Å². The summed E-state index contributed by atoms with van der Waals surface area (Å²) in [4.78, 5) is 0. The molecule has 1 nitrogen and oxygen atoms in total. The van der Waals surface area contributed by atoms with Gasteiger partial charge in [-0.3, -0.25) is 0 Å². The third-order valence-corrected chi connectivity index (χ3v) is 5.33. The quantitative estimate of drug-likeness (QED) is 0.296. The van der Waals surface area contributed by atoms with Crippen LogP contribution in [-0.2, 0) is 0 Å². The highest BCUT2D eigenvalue weighted by molar-refractivity contribution is 5.66. The Morgan fingerprint density at radius 2 is 1.46 bits per heavy atom. The second kappa shape index (κ2) is 8.63. The van der Waals surface area contributed by atoms with Crippen LogP contribution in [0.5, 0.6) is 5.75 Å². The van der Waals surface area contributed by atoms with Gasteiger partial charge in [-0.15, -0.1) is 6.58 Å². The fourth-order valence-electron chi connectivity index (χ4n) is 3.73. The molecule has 148 valence electrons. The lowest BCUT2D eigenvalue weighted by Crippen LogP contribution is -2.13. The molecule has 1 saturated carbocycles. The molecule has 2 aromatic rings. The molecule has 0 bridgehead atoms. The van der Waals surface area contributed by atoms with Crippen LogP contribution in [0.1, 0.15) is 44.1 Å². The van der Waals surface area contributed by atoms with Gasteiger partial charge >= 0.3 is 0 Å². The summed E-state index contributed by atoms with van der Waals surface area (Å²) in [5, 5.41) is 0. The Balaban J connectivity index is 1.93. The zero-order chi connectivity index (χ0) is 20.3. The summed E-state index contributed by atoms with van der Waals surface area (Å²) in [6.07, 6.45) is 7.86. The number of hydrogen-bond acceptors (Lipinski definition) is 1. The second-order valence-corrected chi connectivity index (χ2v) is 7.00. The first-order valence-electron chi connectivity index (χ1n) is 9.34. The van der Waals surface area contributed by atoms with Crippen LogP contribution >= 0.6 is 0 Å². The minimum Gasteiger partial charge on any atom is -0.462 e. The van der Waals surface area contributed by atoms with Crippen LogP contribution in [0.4, 0.5) is 17.6 Å². The lowest BCUT2D eigenvalue weighted by molar-refractivity contribution is 0.364. The maximum Gasteiger partial charge on any atom is 0.201 e. The molecule has 1 aliphatic carbocycles. The van der Waals surface area contributed by atoms with Crippen molar-refractivity contribution in [2.75, 3.05) is 0 Å². The summed E-state index contributed by atoms with van der Waals surface area (Å²) in [7, 11) is 0. The second-order valence-electron chi connectivity index (χ2n) is 7.00. The van der Waals surface area contributed by atoms with Crippen LogP contribution in [0.15, 0.2) is 49.3 Å². The first-order valence-corrected chi connectivity index (χ1v) is 9.34. The Morgan fingerprint density at radius 3 is 2.07 bits per heavy atom. The van der Waals surface area contributed by atoms with E-state index < -0.39 is 23.3 Å². The first-order chi connectivity index (χ1) is 13.5. The molecule has 1 fully saturated rings. The van der Waals surface area contributed by atoms with E-state index in [1.807, 2.05) is 6.08 Å². The number of hydrogen-bond donors (Lipinski definition) is 0. The van der Waals surface area contributed by atoms with Gasteiger partial charge in [0.1, 0.15) is 0 Å². The molecule has 3 rings (SSSR count). The number of benzene rings is 2. The van der Waals surface area contributed by atoms with Gasteiger partial charge in [-0.1, -0.05) is 24.3 Å². The standard InChI is InChI=1S/C23H22F4O/c1-3-13-28-19-12-11-18(22(26)23(19)27)17-10-9-16(20(24)21(17)25)15-7-5-14(4-2)6-8-15/h3-4,9-15H,2,5-8H2,1H3/b13-3+. The zero-order valence-corrected chi connectivity index (χ0v) is 15.7.